The van der Waals surface area contributed by atoms with Crippen molar-refractivity contribution in [2.45, 2.75) is 0 Å². The van der Waals surface area contributed by atoms with Gasteiger partial charge in [-0.25, -0.2) is 0 Å². The number of amides is 1. The molecular weight excluding hydrogens is 234 g/mol. The van der Waals surface area contributed by atoms with Crippen molar-refractivity contribution in [1.29, 1.82) is 0 Å². The van der Waals surface area contributed by atoms with Gasteiger partial charge < -0.3 is 10.4 Å². The van der Waals surface area contributed by atoms with Crippen LogP contribution in [0.4, 0.5) is 0 Å². The molecule has 0 unspecified atom stereocenters. The number of nitrogens with one attached hydrogen (secondary N) is 1. The highest BCUT2D eigenvalue weighted by atomic mass is 16.3. The highest BCUT2D eigenvalue weighted by Crippen LogP contribution is 2.16. The van der Waals surface area contributed by atoms with Crippen LogP contribution in [0.2, 0.25) is 0 Å². The zero-order valence-corrected chi connectivity index (χ0v) is 9.21. The molecule has 0 fully saturated rings. The molecule has 1 amide bonds. The molecule has 0 aromatic heterocycles. The molecule has 0 aliphatic heterocycles. The lowest BCUT2D eigenvalue weighted by Gasteiger charge is -2.09. The summed E-state index contributed by atoms with van der Waals surface area (Å²) in [6, 6.07) is 5.92. The van der Waals surface area contributed by atoms with Gasteiger partial charge in [-0.15, -0.1) is 0 Å². The molecule has 2 N–H and O–H groups in total. The van der Waals surface area contributed by atoms with Crippen LogP contribution < -0.4 is 5.32 Å². The maximum atomic E-state index is 11.8. The van der Waals surface area contributed by atoms with E-state index in [-0.39, 0.29) is 22.8 Å². The Kier molecular flexibility index (Phi) is 3.05. The van der Waals surface area contributed by atoms with Crippen LogP contribution in [-0.4, -0.2) is 22.6 Å². The van der Waals surface area contributed by atoms with Gasteiger partial charge >= 0.3 is 0 Å². The molecule has 2 rings (SSSR count). The van der Waals surface area contributed by atoms with Crippen LogP contribution >= 0.6 is 0 Å². The van der Waals surface area contributed by atoms with Crippen LogP contribution in [0.15, 0.2) is 48.2 Å². The first-order valence-corrected chi connectivity index (χ1v) is 5.15. The summed E-state index contributed by atoms with van der Waals surface area (Å²) in [5.41, 5.74) is -0.0658. The minimum atomic E-state index is -0.643. The Morgan fingerprint density at radius 3 is 2.56 bits per heavy atom. The van der Waals surface area contributed by atoms with Crippen molar-refractivity contribution in [1.82, 2.24) is 5.32 Å². The molecule has 0 spiro atoms. The molecule has 0 saturated heterocycles. The average molecular weight is 243 g/mol. The lowest BCUT2D eigenvalue weighted by atomic mass is 10.1. The highest BCUT2D eigenvalue weighted by Gasteiger charge is 2.18. The van der Waals surface area contributed by atoms with E-state index in [1.165, 1.54) is 12.1 Å². The van der Waals surface area contributed by atoms with Crippen LogP contribution in [0.3, 0.4) is 0 Å². The van der Waals surface area contributed by atoms with E-state index in [9.17, 15) is 19.5 Å². The minimum absolute atomic E-state index is 0.0354. The van der Waals surface area contributed by atoms with Crippen molar-refractivity contribution in [3.63, 3.8) is 0 Å². The van der Waals surface area contributed by atoms with Gasteiger partial charge in [0.1, 0.15) is 5.75 Å². The molecule has 1 aromatic carbocycles. The molecule has 18 heavy (non-hydrogen) atoms. The van der Waals surface area contributed by atoms with E-state index >= 15 is 0 Å². The Balaban J connectivity index is 2.21. The van der Waals surface area contributed by atoms with Gasteiger partial charge in [-0.05, 0) is 24.3 Å². The number of rotatable bonds is 2. The number of phenols is 1. The van der Waals surface area contributed by atoms with Gasteiger partial charge in [0.25, 0.3) is 5.91 Å². The second-order valence-electron chi connectivity index (χ2n) is 3.63. The van der Waals surface area contributed by atoms with E-state index in [0.717, 1.165) is 18.2 Å². The van der Waals surface area contributed by atoms with Gasteiger partial charge in [0, 0.05) is 6.08 Å². The monoisotopic (exact) mass is 243 g/mol. The first-order valence-electron chi connectivity index (χ1n) is 5.15. The van der Waals surface area contributed by atoms with E-state index in [0.29, 0.717) is 0 Å². The maximum absolute atomic E-state index is 11.8. The minimum Gasteiger partial charge on any atom is -0.507 e. The molecule has 0 heterocycles. The molecule has 0 saturated carbocycles. The van der Waals surface area contributed by atoms with Crippen LogP contribution in [0.25, 0.3) is 0 Å². The number of hydrogen-bond donors (Lipinski definition) is 2. The maximum Gasteiger partial charge on any atom is 0.259 e. The first-order chi connectivity index (χ1) is 8.58. The largest absolute Gasteiger partial charge is 0.507 e. The summed E-state index contributed by atoms with van der Waals surface area (Å²) < 4.78 is 0. The third-order valence-electron chi connectivity index (χ3n) is 2.35. The fraction of sp³-hybridized carbons (Fsp3) is 0. The van der Waals surface area contributed by atoms with Crippen LogP contribution in [0.5, 0.6) is 5.75 Å². The lowest BCUT2D eigenvalue weighted by molar-refractivity contribution is -0.114. The Labute approximate surface area is 102 Å². The van der Waals surface area contributed by atoms with Crippen molar-refractivity contribution in [3.05, 3.63) is 53.8 Å². The van der Waals surface area contributed by atoms with E-state index < -0.39 is 11.7 Å². The second kappa shape index (κ2) is 4.67. The number of para-hydroxylation sites is 1. The van der Waals surface area contributed by atoms with Gasteiger partial charge in [0.15, 0.2) is 5.78 Å². The number of ketones is 2. The third kappa shape index (κ3) is 2.35. The summed E-state index contributed by atoms with van der Waals surface area (Å²) in [5.74, 6) is -1.67. The second-order valence-corrected chi connectivity index (χ2v) is 3.63. The van der Waals surface area contributed by atoms with Gasteiger partial charge in [0.05, 0.1) is 11.3 Å². The van der Waals surface area contributed by atoms with Crippen molar-refractivity contribution in [2.75, 3.05) is 0 Å². The number of allylic oxidation sites excluding steroid dienone is 3. The zero-order chi connectivity index (χ0) is 13.1. The van der Waals surface area contributed by atoms with Crippen LogP contribution in [0.1, 0.15) is 10.4 Å². The van der Waals surface area contributed by atoms with Gasteiger partial charge in [-0.1, -0.05) is 12.1 Å². The van der Waals surface area contributed by atoms with Gasteiger partial charge in [-0.2, -0.15) is 0 Å². The number of phenolic OH excluding ortho intramolecular Hbond substituents is 1. The third-order valence-corrected chi connectivity index (χ3v) is 2.35. The predicted octanol–water partition coefficient (Wildman–Crippen LogP) is 0.714. The number of carbonyl (C=O) groups excluding carboxylic acids is 3. The fourth-order valence-electron chi connectivity index (χ4n) is 1.46. The fourth-order valence-corrected chi connectivity index (χ4v) is 1.46. The molecule has 0 atom stereocenters. The predicted molar refractivity (Wildman–Crippen MR) is 62.8 cm³/mol. The highest BCUT2D eigenvalue weighted by molar-refractivity contribution is 6.19. The smallest absolute Gasteiger partial charge is 0.259 e. The van der Waals surface area contributed by atoms with Gasteiger partial charge in [0.2, 0.25) is 5.78 Å². The Bertz CT molecular complexity index is 599. The Morgan fingerprint density at radius 2 is 1.83 bits per heavy atom. The molecule has 1 aromatic rings. The van der Waals surface area contributed by atoms with E-state index in [4.69, 9.17) is 0 Å². The number of aromatic hydroxyl groups is 1. The van der Waals surface area contributed by atoms with Crippen molar-refractivity contribution in [2.24, 2.45) is 0 Å². The molecular formula is C13H9NO4. The Hall–Kier alpha value is -2.69. The lowest BCUT2D eigenvalue weighted by Crippen LogP contribution is -2.28. The standard InChI is InChI=1S/C13H9NO4/c15-8-5-6-12(17)10(7-8)14-13(18)9-3-1-2-4-11(9)16/h1-7,16H,(H,14,18). The molecule has 0 bridgehead atoms. The van der Waals surface area contributed by atoms with E-state index in [1.54, 1.807) is 12.1 Å². The van der Waals surface area contributed by atoms with Crippen LogP contribution in [-0.2, 0) is 9.59 Å². The summed E-state index contributed by atoms with van der Waals surface area (Å²) in [7, 11) is 0. The summed E-state index contributed by atoms with van der Waals surface area (Å²) in [4.78, 5) is 34.3. The summed E-state index contributed by atoms with van der Waals surface area (Å²) in [6.07, 6.45) is 3.25. The Morgan fingerprint density at radius 1 is 1.11 bits per heavy atom. The number of carbonyl (C=O) groups is 3. The molecule has 5 nitrogen and oxygen atoms in total. The van der Waals surface area contributed by atoms with Crippen molar-refractivity contribution < 1.29 is 19.5 Å². The summed E-state index contributed by atoms with van der Waals surface area (Å²) >= 11 is 0. The quantitative estimate of drug-likeness (QED) is 0.749. The van der Waals surface area contributed by atoms with Crippen molar-refractivity contribution >= 4 is 17.5 Å². The van der Waals surface area contributed by atoms with E-state index in [2.05, 4.69) is 5.32 Å². The first kappa shape index (κ1) is 11.8. The van der Waals surface area contributed by atoms with Crippen LogP contribution in [0, 0.1) is 0 Å². The summed E-state index contributed by atoms with van der Waals surface area (Å²) in [5, 5.41) is 11.8. The zero-order valence-electron chi connectivity index (χ0n) is 9.21. The number of hydrogen-bond acceptors (Lipinski definition) is 4. The van der Waals surface area contributed by atoms with Gasteiger partial charge in [-0.3, -0.25) is 14.4 Å². The SMILES string of the molecule is O=C1C=CC(=O)C(NC(=O)c2ccccc2O)=C1. The topological polar surface area (TPSA) is 83.5 Å². The van der Waals surface area contributed by atoms with E-state index in [1.807, 2.05) is 0 Å². The summed E-state index contributed by atoms with van der Waals surface area (Å²) in [6.45, 7) is 0. The molecule has 1 aliphatic rings. The number of benzene rings is 1. The van der Waals surface area contributed by atoms with Crippen molar-refractivity contribution in [3.8, 4) is 5.75 Å². The molecule has 1 aliphatic carbocycles. The normalized spacial score (nSPS) is 14.3. The molecule has 0 radical (unpaired) electrons. The molecule has 5 heteroatoms. The molecule has 90 valence electrons. The average Bonchev–Trinajstić information content (AvgIpc) is 2.34.